The van der Waals surface area contributed by atoms with Gasteiger partial charge in [-0.15, -0.1) is 0 Å². The molecule has 0 radical (unpaired) electrons. The predicted molar refractivity (Wildman–Crippen MR) is 108 cm³/mol. The van der Waals surface area contributed by atoms with Crippen LogP contribution in [0.15, 0.2) is 42.6 Å². The summed E-state index contributed by atoms with van der Waals surface area (Å²) in [4.78, 5) is 33.0. The second-order valence-electron chi connectivity index (χ2n) is 7.15. The second-order valence-corrected chi connectivity index (χ2v) is 7.15. The van der Waals surface area contributed by atoms with Gasteiger partial charge in [0.25, 0.3) is 0 Å². The number of β-amino-alcohol motifs (C(OH)–C–C–N with tert-alkyl or cyclic N) is 1. The number of alkyl halides is 3. The van der Waals surface area contributed by atoms with Crippen LogP contribution >= 0.6 is 0 Å². The Kier molecular flexibility index (Phi) is 7.24. The van der Waals surface area contributed by atoms with Gasteiger partial charge >= 0.3 is 6.18 Å². The molecule has 1 aliphatic rings. The van der Waals surface area contributed by atoms with E-state index >= 15 is 0 Å². The van der Waals surface area contributed by atoms with Crippen molar-refractivity contribution in [1.29, 1.82) is 0 Å². The Balaban J connectivity index is 1.67. The van der Waals surface area contributed by atoms with E-state index in [0.717, 1.165) is 12.1 Å². The van der Waals surface area contributed by atoms with Crippen LogP contribution in [0.3, 0.4) is 0 Å². The number of aliphatic hydroxyl groups excluding tert-OH is 1. The largest absolute Gasteiger partial charge is 0.416 e. The highest BCUT2D eigenvalue weighted by molar-refractivity contribution is 6.10. The molecule has 0 aliphatic carbocycles. The van der Waals surface area contributed by atoms with Gasteiger partial charge < -0.3 is 15.3 Å². The summed E-state index contributed by atoms with van der Waals surface area (Å²) in [6, 6.07) is 7.60. The average Bonchev–Trinajstić information content (AvgIpc) is 2.74. The number of anilines is 2. The van der Waals surface area contributed by atoms with Crippen LogP contribution < -0.4 is 5.32 Å². The van der Waals surface area contributed by atoms with Crippen LogP contribution in [0, 0.1) is 0 Å². The minimum atomic E-state index is -4.49. The zero-order valence-electron chi connectivity index (χ0n) is 16.7. The van der Waals surface area contributed by atoms with Gasteiger partial charge in [0.15, 0.2) is 5.78 Å². The topological polar surface area (TPSA) is 85.8 Å². The van der Waals surface area contributed by atoms with Gasteiger partial charge in [-0.25, -0.2) is 4.98 Å². The summed E-state index contributed by atoms with van der Waals surface area (Å²) in [6.07, 6.45) is -3.44. The van der Waals surface area contributed by atoms with Crippen molar-refractivity contribution in [3.8, 4) is 0 Å². The average molecular weight is 436 g/mol. The van der Waals surface area contributed by atoms with E-state index in [1.807, 2.05) is 4.90 Å². The van der Waals surface area contributed by atoms with E-state index in [9.17, 15) is 22.8 Å². The smallest absolute Gasteiger partial charge is 0.395 e. The van der Waals surface area contributed by atoms with E-state index in [1.54, 1.807) is 4.90 Å². The first-order valence-corrected chi connectivity index (χ1v) is 9.81. The monoisotopic (exact) mass is 436 g/mol. The molecular weight excluding hydrogens is 413 g/mol. The number of aromatic nitrogens is 1. The third-order valence-corrected chi connectivity index (χ3v) is 5.01. The Hall–Kier alpha value is -2.98. The summed E-state index contributed by atoms with van der Waals surface area (Å²) in [5.74, 6) is -0.694. The summed E-state index contributed by atoms with van der Waals surface area (Å²) < 4.78 is 38.8. The Morgan fingerprint density at radius 1 is 1.10 bits per heavy atom. The molecule has 1 fully saturated rings. The molecular formula is C21H23F3N4O3. The Morgan fingerprint density at radius 3 is 2.52 bits per heavy atom. The maximum Gasteiger partial charge on any atom is 0.416 e. The van der Waals surface area contributed by atoms with Crippen molar-refractivity contribution in [3.63, 3.8) is 0 Å². The molecule has 1 aliphatic heterocycles. The minimum Gasteiger partial charge on any atom is -0.395 e. The van der Waals surface area contributed by atoms with Gasteiger partial charge in [0.2, 0.25) is 5.91 Å². The van der Waals surface area contributed by atoms with Crippen LogP contribution in [0.4, 0.5) is 24.7 Å². The zero-order valence-corrected chi connectivity index (χ0v) is 16.7. The fraction of sp³-hybridized carbons (Fsp3) is 0.381. The maximum absolute atomic E-state index is 12.9. The van der Waals surface area contributed by atoms with Gasteiger partial charge in [0, 0.05) is 44.6 Å². The number of carbonyl (C=O) groups is 2. The lowest BCUT2D eigenvalue weighted by molar-refractivity contribution is -0.137. The number of benzene rings is 1. The SMILES string of the molecule is O=C(CC(=O)N1CCN(CCO)CC1)c1cccnc1Nc1cccc(C(F)(F)F)c1. The quantitative estimate of drug-likeness (QED) is 0.513. The first-order chi connectivity index (χ1) is 14.8. The molecule has 2 heterocycles. The van der Waals surface area contributed by atoms with Gasteiger partial charge in [-0.05, 0) is 30.3 Å². The molecule has 166 valence electrons. The van der Waals surface area contributed by atoms with Crippen LogP contribution in [0.25, 0.3) is 0 Å². The first-order valence-electron chi connectivity index (χ1n) is 9.81. The highest BCUT2D eigenvalue weighted by Crippen LogP contribution is 2.31. The van der Waals surface area contributed by atoms with Crippen LogP contribution in [-0.2, 0) is 11.0 Å². The third kappa shape index (κ3) is 6.02. The van der Waals surface area contributed by atoms with E-state index in [2.05, 4.69) is 10.3 Å². The standard InChI is InChI=1S/C21H23F3N4O3/c22-21(23,24)15-3-1-4-16(13-15)26-20-17(5-2-6-25-20)18(30)14-19(31)28-9-7-27(8-10-28)11-12-29/h1-6,13,29H,7-12,14H2,(H,25,26). The van der Waals surface area contributed by atoms with Crippen LogP contribution in [0.2, 0.25) is 0 Å². The van der Waals surface area contributed by atoms with Crippen molar-refractivity contribution < 1.29 is 27.9 Å². The summed E-state index contributed by atoms with van der Waals surface area (Å²) in [5.41, 5.74) is -0.557. The number of hydrogen-bond donors (Lipinski definition) is 2. The highest BCUT2D eigenvalue weighted by atomic mass is 19.4. The number of aliphatic hydroxyl groups is 1. The molecule has 2 aromatic rings. The molecule has 1 aromatic heterocycles. The number of pyridine rings is 1. The minimum absolute atomic E-state index is 0.0507. The van der Waals surface area contributed by atoms with Gasteiger partial charge in [-0.2, -0.15) is 13.2 Å². The van der Waals surface area contributed by atoms with Gasteiger partial charge in [0.05, 0.1) is 24.2 Å². The molecule has 0 atom stereocenters. The zero-order chi connectivity index (χ0) is 22.4. The van der Waals surface area contributed by atoms with Crippen LogP contribution in [0.1, 0.15) is 22.3 Å². The molecule has 1 amide bonds. The lowest BCUT2D eigenvalue weighted by atomic mass is 10.1. The van der Waals surface area contributed by atoms with Crippen molar-refractivity contribution >= 4 is 23.2 Å². The molecule has 3 rings (SSSR count). The van der Waals surface area contributed by atoms with E-state index in [-0.39, 0.29) is 36.0 Å². The van der Waals surface area contributed by atoms with Gasteiger partial charge in [-0.3, -0.25) is 14.5 Å². The second kappa shape index (κ2) is 9.88. The van der Waals surface area contributed by atoms with Crippen LogP contribution in [-0.4, -0.2) is 70.9 Å². The highest BCUT2D eigenvalue weighted by Gasteiger charge is 2.30. The Morgan fingerprint density at radius 2 is 1.84 bits per heavy atom. The van der Waals surface area contributed by atoms with Crippen molar-refractivity contribution in [3.05, 3.63) is 53.7 Å². The van der Waals surface area contributed by atoms with Crippen molar-refractivity contribution in [2.45, 2.75) is 12.6 Å². The number of ketones is 1. The summed E-state index contributed by atoms with van der Waals surface area (Å²) in [5, 5.41) is 11.7. The summed E-state index contributed by atoms with van der Waals surface area (Å²) >= 11 is 0. The van der Waals surface area contributed by atoms with Crippen LogP contribution in [0.5, 0.6) is 0 Å². The molecule has 1 aromatic carbocycles. The molecule has 0 spiro atoms. The number of hydrogen-bond acceptors (Lipinski definition) is 6. The van der Waals surface area contributed by atoms with E-state index in [4.69, 9.17) is 5.11 Å². The Labute approximate surface area is 177 Å². The first kappa shape index (κ1) is 22.7. The summed E-state index contributed by atoms with van der Waals surface area (Å²) in [7, 11) is 0. The van der Waals surface area contributed by atoms with E-state index in [1.165, 1.54) is 30.5 Å². The predicted octanol–water partition coefficient (Wildman–Crippen LogP) is 2.55. The normalized spacial score (nSPS) is 15.0. The molecule has 0 unspecified atom stereocenters. The van der Waals surface area contributed by atoms with Crippen molar-refractivity contribution in [2.24, 2.45) is 0 Å². The molecule has 0 saturated carbocycles. The number of rotatable bonds is 7. The molecule has 31 heavy (non-hydrogen) atoms. The summed E-state index contributed by atoms with van der Waals surface area (Å²) in [6.45, 7) is 2.77. The number of piperazine rings is 1. The molecule has 7 nitrogen and oxygen atoms in total. The van der Waals surface area contributed by atoms with Gasteiger partial charge in [-0.1, -0.05) is 6.07 Å². The molecule has 10 heteroatoms. The van der Waals surface area contributed by atoms with Crippen molar-refractivity contribution in [2.75, 3.05) is 44.6 Å². The lowest BCUT2D eigenvalue weighted by Gasteiger charge is -2.34. The number of halogens is 3. The lowest BCUT2D eigenvalue weighted by Crippen LogP contribution is -2.49. The van der Waals surface area contributed by atoms with E-state index in [0.29, 0.717) is 32.7 Å². The number of nitrogens with one attached hydrogen (secondary N) is 1. The third-order valence-electron chi connectivity index (χ3n) is 5.01. The molecule has 0 bridgehead atoms. The van der Waals surface area contributed by atoms with E-state index < -0.39 is 17.5 Å². The fourth-order valence-electron chi connectivity index (χ4n) is 3.35. The fourth-order valence-corrected chi connectivity index (χ4v) is 3.35. The number of amides is 1. The Bertz CT molecular complexity index is 928. The van der Waals surface area contributed by atoms with Crippen molar-refractivity contribution in [1.82, 2.24) is 14.8 Å². The number of Topliss-reactive ketones (excluding diaryl/α,β-unsaturated/α-hetero) is 1. The number of carbonyl (C=O) groups excluding carboxylic acids is 2. The van der Waals surface area contributed by atoms with Gasteiger partial charge in [0.1, 0.15) is 5.82 Å². The number of nitrogens with zero attached hydrogens (tertiary/aromatic N) is 3. The molecule has 2 N–H and O–H groups in total. The maximum atomic E-state index is 12.9. The molecule has 1 saturated heterocycles.